The maximum absolute atomic E-state index is 9.48. The monoisotopic (exact) mass is 584 g/mol. The summed E-state index contributed by atoms with van der Waals surface area (Å²) in [6.45, 7) is 0. The van der Waals surface area contributed by atoms with Crippen LogP contribution in [0.4, 0.5) is 0 Å². The molecule has 0 saturated carbocycles. The van der Waals surface area contributed by atoms with Gasteiger partial charge in [-0.15, -0.1) is 0 Å². The highest BCUT2D eigenvalue weighted by atomic mass is 32.2. The van der Waals surface area contributed by atoms with Crippen LogP contribution in [-0.4, -0.2) is 0 Å². The van der Waals surface area contributed by atoms with Crippen molar-refractivity contribution in [3.05, 3.63) is 145 Å². The Bertz CT molecular complexity index is 3910. The van der Waals surface area contributed by atoms with Crippen LogP contribution in [-0.2, 0) is 0 Å². The predicted molar refractivity (Wildman–Crippen MR) is 186 cm³/mol. The summed E-state index contributed by atoms with van der Waals surface area (Å²) in [4.78, 5) is -0.283. The topological polar surface area (TPSA) is 0 Å². The average Bonchev–Trinajstić information content (AvgIpc) is 3.29. The van der Waals surface area contributed by atoms with E-state index in [2.05, 4.69) is 0 Å². The molecule has 0 nitrogen and oxygen atoms in total. The molecule has 198 valence electrons. The summed E-state index contributed by atoms with van der Waals surface area (Å²) in [5.74, 6) is 0. The Morgan fingerprint density at radius 3 is 1.58 bits per heavy atom. The molecule has 0 atom stereocenters. The highest BCUT2D eigenvalue weighted by molar-refractivity contribution is 7.99. The van der Waals surface area contributed by atoms with Gasteiger partial charge in [0.1, 0.15) is 0 Å². The molecule has 10 rings (SSSR count). The zero-order valence-electron chi connectivity index (χ0n) is 45.4. The third-order valence-corrected chi connectivity index (χ3v) is 8.59. The number of rotatable bonds is 2. The van der Waals surface area contributed by atoms with Gasteiger partial charge in [0, 0.05) is 15.2 Å². The van der Waals surface area contributed by atoms with Gasteiger partial charge >= 0.3 is 0 Å². The van der Waals surface area contributed by atoms with Gasteiger partial charge in [0.05, 0.1) is 32.9 Å². The SMILES string of the molecule is [2H]c1c([2H])c([2H])c2c(c1[2H])Sc1c([2H])c([2H])c(-c3c([2H])c([2H])c([2H])c4c(-c5c([2H])c([2H])c6c([2H])c([2H])c7c([2H])c([2H])c([2H])c8c([2H])c([2H])c5c6c78)c([2H])c([2H])c([2H])c34)c3c([2H])c([2H])c([2H])c-2c13. The van der Waals surface area contributed by atoms with Crippen LogP contribution in [0.1, 0.15) is 32.9 Å². The first-order valence-electron chi connectivity index (χ1n) is 24.9. The third kappa shape index (κ3) is 3.23. The largest absolute Gasteiger partial charge is 0.0888 e. The summed E-state index contributed by atoms with van der Waals surface area (Å²) in [6.07, 6.45) is 0. The van der Waals surface area contributed by atoms with Crippen LogP contribution < -0.4 is 0 Å². The van der Waals surface area contributed by atoms with E-state index in [1.807, 2.05) is 0 Å². The molecule has 0 amide bonds. The highest BCUT2D eigenvalue weighted by Gasteiger charge is 2.21. The standard InChI is InChI=1S/C42H24S/c1-2-16-38-34(9-1)36-15-6-14-35-33(23-24-39(43-38)42(35)36)31-13-5-10-28-29(31)11-4-12-30(28)32-21-19-27-18-17-25-7-3-8-26-20-22-37(32)41(27)40(25)26/h1-24H/i1D,2D,3D,4D,5D,6D,7D,8D,9D,10D,11D,12D,13D,14D,15D,16D,17D,18D,19D,20D,21D,22D,23D,24D. The van der Waals surface area contributed by atoms with Crippen LogP contribution in [0.3, 0.4) is 0 Å². The van der Waals surface area contributed by atoms with E-state index in [9.17, 15) is 13.7 Å². The lowest BCUT2D eigenvalue weighted by molar-refractivity contribution is 1.40. The molecule has 0 spiro atoms. The molecule has 9 aromatic rings. The second-order valence-corrected chi connectivity index (χ2v) is 10.8. The van der Waals surface area contributed by atoms with Gasteiger partial charge in [-0.1, -0.05) is 145 Å². The molecule has 1 aliphatic heterocycles. The quantitative estimate of drug-likeness (QED) is 0.182. The minimum absolute atomic E-state index is 0.128. The third-order valence-electron chi connectivity index (χ3n) is 7.57. The molecule has 0 unspecified atom stereocenters. The van der Waals surface area contributed by atoms with Crippen molar-refractivity contribution in [2.45, 2.75) is 9.79 Å². The number of hydrogen-bond donors (Lipinski definition) is 0. The number of benzene rings is 9. The van der Waals surface area contributed by atoms with E-state index >= 15 is 0 Å². The van der Waals surface area contributed by atoms with Crippen LogP contribution in [0.2, 0.25) is 0 Å². The van der Waals surface area contributed by atoms with E-state index in [-0.39, 0.29) is 47.8 Å². The van der Waals surface area contributed by atoms with Crippen LogP contribution in [0.15, 0.2) is 155 Å². The summed E-state index contributed by atoms with van der Waals surface area (Å²) in [5, 5.41) is -4.05. The van der Waals surface area contributed by atoms with E-state index in [1.165, 1.54) is 0 Å². The second kappa shape index (κ2) is 8.70. The van der Waals surface area contributed by atoms with Gasteiger partial charge in [-0.25, -0.2) is 0 Å². The van der Waals surface area contributed by atoms with Gasteiger partial charge < -0.3 is 0 Å². The molecule has 0 N–H and O–H groups in total. The van der Waals surface area contributed by atoms with Gasteiger partial charge in [-0.2, -0.15) is 0 Å². The Balaban J connectivity index is 1.47. The Labute approximate surface area is 287 Å². The predicted octanol–water partition coefficient (Wildman–Crippen LogP) is 12.4. The van der Waals surface area contributed by atoms with Crippen molar-refractivity contribution in [3.8, 4) is 33.4 Å². The van der Waals surface area contributed by atoms with E-state index in [0.717, 1.165) is 0 Å². The number of fused-ring (bicyclic) bond motifs is 3. The van der Waals surface area contributed by atoms with Crippen molar-refractivity contribution < 1.29 is 32.9 Å². The highest BCUT2D eigenvalue weighted by Crippen LogP contribution is 2.50. The molecule has 0 saturated heterocycles. The molecular weight excluding hydrogens is 537 g/mol. The van der Waals surface area contributed by atoms with Crippen molar-refractivity contribution in [3.63, 3.8) is 0 Å². The van der Waals surface area contributed by atoms with Crippen molar-refractivity contribution in [2.75, 3.05) is 0 Å². The number of hydrogen-bond acceptors (Lipinski definition) is 1. The van der Waals surface area contributed by atoms with Crippen LogP contribution >= 0.6 is 11.8 Å². The first kappa shape index (κ1) is 10.3. The zero-order valence-corrected chi connectivity index (χ0v) is 22.2. The molecule has 1 heterocycles. The second-order valence-electron chi connectivity index (χ2n) is 9.76. The van der Waals surface area contributed by atoms with Crippen molar-refractivity contribution in [1.82, 2.24) is 0 Å². The summed E-state index contributed by atoms with van der Waals surface area (Å²) in [5.41, 5.74) is -3.03. The fraction of sp³-hybridized carbons (Fsp3) is 0. The molecule has 0 radical (unpaired) electrons. The molecule has 0 fully saturated rings. The molecule has 43 heavy (non-hydrogen) atoms. The molecule has 0 bridgehead atoms. The van der Waals surface area contributed by atoms with Crippen molar-refractivity contribution in [2.24, 2.45) is 0 Å². The normalized spacial score (nSPS) is 20.4. The maximum atomic E-state index is 9.48. The fourth-order valence-corrected chi connectivity index (χ4v) is 6.70. The molecule has 0 aliphatic carbocycles. The van der Waals surface area contributed by atoms with Crippen molar-refractivity contribution >= 4 is 65.6 Å². The minimum Gasteiger partial charge on any atom is -0.0888 e. The van der Waals surface area contributed by atoms with E-state index in [1.54, 1.807) is 0 Å². The zero-order chi connectivity index (χ0) is 49.0. The Morgan fingerprint density at radius 1 is 0.302 bits per heavy atom. The van der Waals surface area contributed by atoms with Crippen LogP contribution in [0.5, 0.6) is 0 Å². The average molecular weight is 585 g/mol. The Kier molecular flexibility index (Phi) is 2.08. The molecule has 9 aromatic carbocycles. The van der Waals surface area contributed by atoms with Crippen LogP contribution in [0, 0.1) is 0 Å². The molecule has 1 aliphatic rings. The lowest BCUT2D eigenvalue weighted by atomic mass is 9.86. The lowest BCUT2D eigenvalue weighted by Gasteiger charge is -2.22. The summed E-state index contributed by atoms with van der Waals surface area (Å²) in [7, 11) is 0. The molecule has 0 aromatic heterocycles. The summed E-state index contributed by atoms with van der Waals surface area (Å²) in [6, 6.07) is -18.3. The van der Waals surface area contributed by atoms with E-state index in [0.29, 0.717) is 11.8 Å². The first-order chi connectivity index (χ1) is 31.3. The molecular formula is C42H24S. The first-order valence-corrected chi connectivity index (χ1v) is 13.7. The Hall–Kier alpha value is -5.11. The smallest absolute Gasteiger partial charge is 0.0635 e. The van der Waals surface area contributed by atoms with Crippen LogP contribution in [0.25, 0.3) is 87.2 Å². The summed E-state index contributed by atoms with van der Waals surface area (Å²) >= 11 is 0.658. The van der Waals surface area contributed by atoms with E-state index in [4.69, 9.17) is 19.2 Å². The van der Waals surface area contributed by atoms with Gasteiger partial charge in [0.2, 0.25) is 0 Å². The molecule has 1 heteroatoms. The van der Waals surface area contributed by atoms with Gasteiger partial charge in [0.15, 0.2) is 0 Å². The maximum Gasteiger partial charge on any atom is 0.0635 e. The lowest BCUT2D eigenvalue weighted by Crippen LogP contribution is -1.94. The van der Waals surface area contributed by atoms with E-state index < -0.39 is 194 Å². The van der Waals surface area contributed by atoms with Gasteiger partial charge in [-0.3, -0.25) is 0 Å². The fourth-order valence-electron chi connectivity index (χ4n) is 5.73. The Morgan fingerprint density at radius 2 is 0.814 bits per heavy atom. The van der Waals surface area contributed by atoms with Crippen molar-refractivity contribution in [1.29, 1.82) is 0 Å². The van der Waals surface area contributed by atoms with Gasteiger partial charge in [0.25, 0.3) is 0 Å². The summed E-state index contributed by atoms with van der Waals surface area (Å²) < 4.78 is 217. The van der Waals surface area contributed by atoms with Gasteiger partial charge in [-0.05, 0) is 93.9 Å². The minimum atomic E-state index is -0.952.